The van der Waals surface area contributed by atoms with Gasteiger partial charge in [0.15, 0.2) is 5.16 Å². The Morgan fingerprint density at radius 2 is 2.15 bits per heavy atom. The lowest BCUT2D eigenvalue weighted by Gasteiger charge is -2.27. The summed E-state index contributed by atoms with van der Waals surface area (Å²) in [7, 11) is 0. The number of nitrogens with zero attached hydrogens (tertiary/aromatic N) is 5. The molecule has 3 rings (SSSR count). The maximum Gasteiger partial charge on any atom is 0.238 e. The van der Waals surface area contributed by atoms with Crippen LogP contribution < -0.4 is 10.2 Å². The van der Waals surface area contributed by atoms with E-state index < -0.39 is 0 Å². The van der Waals surface area contributed by atoms with Gasteiger partial charge in [0.2, 0.25) is 11.9 Å². The van der Waals surface area contributed by atoms with Gasteiger partial charge in [0.05, 0.1) is 23.5 Å². The van der Waals surface area contributed by atoms with Crippen LogP contribution in [-0.2, 0) is 16.1 Å². The van der Waals surface area contributed by atoms with Gasteiger partial charge in [-0.2, -0.15) is 0 Å². The predicted molar refractivity (Wildman–Crippen MR) is 102 cm³/mol. The van der Waals surface area contributed by atoms with Crippen molar-refractivity contribution in [2.24, 2.45) is 0 Å². The van der Waals surface area contributed by atoms with E-state index in [4.69, 9.17) is 16.3 Å². The number of anilines is 2. The van der Waals surface area contributed by atoms with E-state index in [1.54, 1.807) is 12.1 Å². The summed E-state index contributed by atoms with van der Waals surface area (Å²) in [6.45, 7) is 7.56. The average Bonchev–Trinajstić information content (AvgIpc) is 3.06. The number of thioether (sulfide) groups is 1. The fourth-order valence-corrected chi connectivity index (χ4v) is 3.55. The third-order valence-electron chi connectivity index (χ3n) is 3.94. The molecule has 1 amide bonds. The molecule has 1 saturated heterocycles. The maximum absolute atomic E-state index is 12.4. The van der Waals surface area contributed by atoms with Crippen LogP contribution in [0, 0.1) is 0 Å². The Balaban J connectivity index is 1.66. The Morgan fingerprint density at radius 1 is 1.38 bits per heavy atom. The Labute approximate surface area is 161 Å². The van der Waals surface area contributed by atoms with Crippen LogP contribution in [0.2, 0.25) is 5.02 Å². The molecule has 0 unspecified atom stereocenters. The highest BCUT2D eigenvalue weighted by Gasteiger charge is 2.23. The third-order valence-corrected chi connectivity index (χ3v) is 5.24. The molecule has 8 nitrogen and oxygen atoms in total. The molecular formula is C16H21ClN6O2S. The van der Waals surface area contributed by atoms with Crippen LogP contribution in [0.25, 0.3) is 0 Å². The Morgan fingerprint density at radius 3 is 2.81 bits per heavy atom. The van der Waals surface area contributed by atoms with Crippen molar-refractivity contribution < 1.29 is 9.53 Å². The highest BCUT2D eigenvalue weighted by Crippen LogP contribution is 2.26. The van der Waals surface area contributed by atoms with E-state index >= 15 is 0 Å². The first-order valence-electron chi connectivity index (χ1n) is 8.43. The summed E-state index contributed by atoms with van der Waals surface area (Å²) in [6, 6.07) is 3.35. The number of ether oxygens (including phenoxy) is 1. The molecule has 26 heavy (non-hydrogen) atoms. The normalized spacial score (nSPS) is 15.7. The van der Waals surface area contributed by atoms with Gasteiger partial charge < -0.3 is 15.0 Å². The molecule has 0 aliphatic carbocycles. The van der Waals surface area contributed by atoms with Crippen LogP contribution in [0.3, 0.4) is 0 Å². The molecule has 1 fully saturated rings. The molecule has 1 N–H and O–H groups in total. The lowest BCUT2D eigenvalue weighted by atomic mass is 10.4. The second-order valence-electron chi connectivity index (χ2n) is 5.74. The van der Waals surface area contributed by atoms with E-state index in [1.165, 1.54) is 18.0 Å². The number of carbonyl (C=O) groups is 1. The van der Waals surface area contributed by atoms with Crippen molar-refractivity contribution in [2.45, 2.75) is 30.8 Å². The summed E-state index contributed by atoms with van der Waals surface area (Å²) < 4.78 is 7.42. The smallest absolute Gasteiger partial charge is 0.238 e. The van der Waals surface area contributed by atoms with Gasteiger partial charge in [-0.05, 0) is 26.0 Å². The Bertz CT molecular complexity index is 748. The van der Waals surface area contributed by atoms with Gasteiger partial charge in [0.1, 0.15) is 5.82 Å². The number of pyridine rings is 1. The minimum Gasteiger partial charge on any atom is -0.378 e. The quantitative estimate of drug-likeness (QED) is 0.750. The number of morpholine rings is 1. The second kappa shape index (κ2) is 8.70. The third kappa shape index (κ3) is 4.46. The minimum absolute atomic E-state index is 0.150. The zero-order chi connectivity index (χ0) is 18.5. The van der Waals surface area contributed by atoms with Crippen molar-refractivity contribution in [1.29, 1.82) is 0 Å². The SMILES string of the molecule is CCn1c(S[C@@H](C)C(=O)Nc2ccc(Cl)cn2)nnc1N1CCOCC1. The number of nitrogens with one attached hydrogen (secondary N) is 1. The van der Waals surface area contributed by atoms with Gasteiger partial charge in [0.25, 0.3) is 0 Å². The Kier molecular flexibility index (Phi) is 6.33. The lowest BCUT2D eigenvalue weighted by Crippen LogP contribution is -2.38. The maximum atomic E-state index is 12.4. The summed E-state index contributed by atoms with van der Waals surface area (Å²) >= 11 is 7.18. The standard InChI is InChI=1S/C16H21ClN6O2S/c1-3-23-15(22-6-8-25-9-7-22)20-21-16(23)26-11(2)14(24)19-13-5-4-12(17)10-18-13/h4-5,10-11H,3,6-9H2,1-2H3,(H,18,19,24)/t11-/m0/s1. The van der Waals surface area contributed by atoms with Crippen LogP contribution in [0.4, 0.5) is 11.8 Å². The molecule has 0 aromatic carbocycles. The van der Waals surface area contributed by atoms with Crippen molar-refractivity contribution in [3.63, 3.8) is 0 Å². The van der Waals surface area contributed by atoms with E-state index in [-0.39, 0.29) is 11.2 Å². The molecule has 2 aromatic heterocycles. The van der Waals surface area contributed by atoms with Gasteiger partial charge in [-0.15, -0.1) is 10.2 Å². The molecular weight excluding hydrogens is 376 g/mol. The van der Waals surface area contributed by atoms with Crippen molar-refractivity contribution in [3.05, 3.63) is 23.4 Å². The molecule has 0 spiro atoms. The number of carbonyl (C=O) groups excluding carboxylic acids is 1. The van der Waals surface area contributed by atoms with Gasteiger partial charge in [-0.25, -0.2) is 4.98 Å². The number of rotatable bonds is 6. The van der Waals surface area contributed by atoms with Crippen LogP contribution in [0.5, 0.6) is 0 Å². The fraction of sp³-hybridized carbons (Fsp3) is 0.500. The number of hydrogen-bond acceptors (Lipinski definition) is 7. The molecule has 2 aromatic rings. The van der Waals surface area contributed by atoms with Crippen molar-refractivity contribution in [2.75, 3.05) is 36.5 Å². The van der Waals surface area contributed by atoms with Crippen LogP contribution in [0.1, 0.15) is 13.8 Å². The van der Waals surface area contributed by atoms with E-state index in [9.17, 15) is 4.79 Å². The zero-order valence-corrected chi connectivity index (χ0v) is 16.3. The summed E-state index contributed by atoms with van der Waals surface area (Å²) in [6.07, 6.45) is 1.50. The van der Waals surface area contributed by atoms with Gasteiger partial charge in [0, 0.05) is 25.8 Å². The first-order valence-corrected chi connectivity index (χ1v) is 9.69. The van der Waals surface area contributed by atoms with Gasteiger partial charge in [-0.3, -0.25) is 9.36 Å². The predicted octanol–water partition coefficient (Wildman–Crippen LogP) is 2.30. The largest absolute Gasteiger partial charge is 0.378 e. The number of hydrogen-bond donors (Lipinski definition) is 1. The highest BCUT2D eigenvalue weighted by atomic mass is 35.5. The molecule has 1 atom stereocenters. The monoisotopic (exact) mass is 396 g/mol. The highest BCUT2D eigenvalue weighted by molar-refractivity contribution is 8.00. The van der Waals surface area contributed by atoms with Gasteiger partial charge in [-0.1, -0.05) is 23.4 Å². The van der Waals surface area contributed by atoms with Crippen molar-refractivity contribution in [3.8, 4) is 0 Å². The molecule has 140 valence electrons. The van der Waals surface area contributed by atoms with E-state index in [0.717, 1.165) is 30.7 Å². The molecule has 0 saturated carbocycles. The number of halogens is 1. The fourth-order valence-electron chi connectivity index (χ4n) is 2.53. The average molecular weight is 397 g/mol. The number of aromatic nitrogens is 4. The minimum atomic E-state index is -0.348. The van der Waals surface area contributed by atoms with E-state index in [1.807, 2.05) is 18.4 Å². The number of amides is 1. The first-order chi connectivity index (χ1) is 12.6. The zero-order valence-electron chi connectivity index (χ0n) is 14.7. The summed E-state index contributed by atoms with van der Waals surface area (Å²) in [5, 5.41) is 12.3. The van der Waals surface area contributed by atoms with Crippen molar-refractivity contribution in [1.82, 2.24) is 19.7 Å². The van der Waals surface area contributed by atoms with E-state index in [2.05, 4.69) is 25.4 Å². The molecule has 0 bridgehead atoms. The lowest BCUT2D eigenvalue weighted by molar-refractivity contribution is -0.115. The summed E-state index contributed by atoms with van der Waals surface area (Å²) in [5.74, 6) is 1.14. The molecule has 10 heteroatoms. The second-order valence-corrected chi connectivity index (χ2v) is 7.48. The van der Waals surface area contributed by atoms with Crippen LogP contribution in [-0.4, -0.2) is 57.2 Å². The van der Waals surface area contributed by atoms with Gasteiger partial charge >= 0.3 is 0 Å². The van der Waals surface area contributed by atoms with Crippen LogP contribution >= 0.6 is 23.4 Å². The summed E-state index contributed by atoms with van der Waals surface area (Å²) in [4.78, 5) is 18.7. The Hall–Kier alpha value is -1.84. The van der Waals surface area contributed by atoms with Crippen LogP contribution in [0.15, 0.2) is 23.5 Å². The van der Waals surface area contributed by atoms with Crippen molar-refractivity contribution >= 4 is 41.0 Å². The summed E-state index contributed by atoms with van der Waals surface area (Å²) in [5.41, 5.74) is 0. The molecule has 1 aliphatic heterocycles. The van der Waals surface area contributed by atoms with E-state index in [0.29, 0.717) is 24.1 Å². The molecule has 1 aliphatic rings. The molecule has 0 radical (unpaired) electrons. The first kappa shape index (κ1) is 18.9. The topological polar surface area (TPSA) is 85.2 Å². The molecule has 3 heterocycles.